The second-order valence-electron chi connectivity index (χ2n) is 6.23. The van der Waals surface area contributed by atoms with Crippen LogP contribution in [0.2, 0.25) is 5.02 Å². The zero-order chi connectivity index (χ0) is 20.9. The van der Waals surface area contributed by atoms with Gasteiger partial charge in [0.15, 0.2) is 11.5 Å². The van der Waals surface area contributed by atoms with Gasteiger partial charge in [-0.15, -0.1) is 0 Å². The second-order valence-corrected chi connectivity index (χ2v) is 8.54. The van der Waals surface area contributed by atoms with Crippen LogP contribution in [-0.2, 0) is 14.8 Å². The van der Waals surface area contributed by atoms with Gasteiger partial charge in [-0.2, -0.15) is 0 Å². The van der Waals surface area contributed by atoms with Crippen molar-refractivity contribution in [2.75, 3.05) is 43.5 Å². The molecule has 0 saturated carbocycles. The van der Waals surface area contributed by atoms with E-state index in [2.05, 4.69) is 5.32 Å². The fourth-order valence-electron chi connectivity index (χ4n) is 2.69. The van der Waals surface area contributed by atoms with Gasteiger partial charge in [0.1, 0.15) is 32.1 Å². The lowest BCUT2D eigenvalue weighted by Crippen LogP contribution is -2.41. The molecule has 8 nitrogen and oxygen atoms in total. The quantitative estimate of drug-likeness (QED) is 0.631. The molecule has 1 heterocycles. The van der Waals surface area contributed by atoms with Crippen LogP contribution < -0.4 is 23.8 Å². The Morgan fingerprint density at radius 3 is 2.62 bits per heavy atom. The van der Waals surface area contributed by atoms with E-state index in [-0.39, 0.29) is 19.7 Å². The maximum Gasteiger partial charge on any atom is 0.240 e. The molecule has 156 valence electrons. The molecule has 2 aromatic rings. The molecule has 1 aliphatic rings. The molecule has 0 aromatic heterocycles. The van der Waals surface area contributed by atoms with Gasteiger partial charge in [-0.25, -0.2) is 8.42 Å². The van der Waals surface area contributed by atoms with Gasteiger partial charge in [-0.3, -0.25) is 9.10 Å². The summed E-state index contributed by atoms with van der Waals surface area (Å²) < 4.78 is 41.9. The minimum absolute atomic E-state index is 0.193. The Balaban J connectivity index is 1.59. The number of sulfonamides is 1. The van der Waals surface area contributed by atoms with Gasteiger partial charge >= 0.3 is 0 Å². The molecule has 3 rings (SSSR count). The van der Waals surface area contributed by atoms with Gasteiger partial charge in [-0.05, 0) is 24.3 Å². The van der Waals surface area contributed by atoms with Crippen LogP contribution >= 0.6 is 11.6 Å². The highest BCUT2D eigenvalue weighted by Crippen LogP contribution is 2.34. The molecule has 2 aromatic carbocycles. The summed E-state index contributed by atoms with van der Waals surface area (Å²) in [6, 6.07) is 11.7. The zero-order valence-electron chi connectivity index (χ0n) is 15.8. The highest BCUT2D eigenvalue weighted by Gasteiger charge is 2.23. The van der Waals surface area contributed by atoms with Crippen LogP contribution in [0.5, 0.6) is 17.2 Å². The lowest BCUT2D eigenvalue weighted by Gasteiger charge is -2.24. The van der Waals surface area contributed by atoms with Crippen LogP contribution in [0.4, 0.5) is 5.69 Å². The first-order valence-electron chi connectivity index (χ1n) is 8.86. The van der Waals surface area contributed by atoms with Crippen molar-refractivity contribution >= 4 is 33.2 Å². The predicted octanol–water partition coefficient (Wildman–Crippen LogP) is 2.07. The van der Waals surface area contributed by atoms with Crippen LogP contribution in [0.25, 0.3) is 0 Å². The van der Waals surface area contributed by atoms with E-state index in [1.54, 1.807) is 42.5 Å². The van der Waals surface area contributed by atoms with Gasteiger partial charge in [0, 0.05) is 6.07 Å². The molecule has 29 heavy (non-hydrogen) atoms. The van der Waals surface area contributed by atoms with E-state index < -0.39 is 15.9 Å². The number of ether oxygens (including phenoxy) is 3. The van der Waals surface area contributed by atoms with Crippen LogP contribution in [0.15, 0.2) is 42.5 Å². The third-order valence-electron chi connectivity index (χ3n) is 4.02. The Morgan fingerprint density at radius 1 is 1.17 bits per heavy atom. The first-order chi connectivity index (χ1) is 13.8. The number of amides is 1. The second kappa shape index (κ2) is 9.23. The number of nitrogens with zero attached hydrogens (tertiary/aromatic N) is 1. The van der Waals surface area contributed by atoms with Crippen molar-refractivity contribution in [3.8, 4) is 17.2 Å². The summed E-state index contributed by atoms with van der Waals surface area (Å²) in [7, 11) is -3.69. The molecule has 0 fully saturated rings. The number of rotatable bonds is 8. The number of carbonyl (C=O) groups excluding carboxylic acids is 1. The molecule has 1 amide bonds. The first-order valence-corrected chi connectivity index (χ1v) is 11.1. The molecule has 0 aliphatic carbocycles. The van der Waals surface area contributed by atoms with E-state index in [4.69, 9.17) is 25.8 Å². The smallest absolute Gasteiger partial charge is 0.240 e. The van der Waals surface area contributed by atoms with Gasteiger partial charge < -0.3 is 19.5 Å². The van der Waals surface area contributed by atoms with Crippen molar-refractivity contribution in [2.45, 2.75) is 0 Å². The van der Waals surface area contributed by atoms with E-state index in [9.17, 15) is 13.2 Å². The topological polar surface area (TPSA) is 94.2 Å². The van der Waals surface area contributed by atoms with Crippen LogP contribution in [0, 0.1) is 0 Å². The molecule has 0 bridgehead atoms. The van der Waals surface area contributed by atoms with Crippen molar-refractivity contribution in [1.29, 1.82) is 0 Å². The highest BCUT2D eigenvalue weighted by molar-refractivity contribution is 7.92. The van der Waals surface area contributed by atoms with E-state index in [0.717, 1.165) is 10.6 Å². The van der Waals surface area contributed by atoms with E-state index in [1.165, 1.54) is 0 Å². The van der Waals surface area contributed by atoms with Gasteiger partial charge in [0.25, 0.3) is 0 Å². The average molecular weight is 441 g/mol. The standard InChI is InChI=1S/C19H21ClN2O6S/c1-29(24,25)22(14-6-7-17-18(12-14)28-11-10-27-17)13-19(23)21-8-9-26-16-5-3-2-4-15(16)20/h2-7,12H,8-11,13H2,1H3,(H,21,23). The fraction of sp³-hybridized carbons (Fsp3) is 0.316. The maximum absolute atomic E-state index is 12.3. The number of hydrogen-bond acceptors (Lipinski definition) is 6. The van der Waals surface area contributed by atoms with Gasteiger partial charge in [0.05, 0.1) is 23.5 Å². The van der Waals surface area contributed by atoms with E-state index in [1.807, 2.05) is 0 Å². The van der Waals surface area contributed by atoms with Crippen molar-refractivity contribution < 1.29 is 27.4 Å². The van der Waals surface area contributed by atoms with Crippen LogP contribution in [0.1, 0.15) is 0 Å². The number of hydrogen-bond donors (Lipinski definition) is 1. The minimum atomic E-state index is -3.69. The Kier molecular flexibility index (Phi) is 6.71. The number of halogens is 1. The zero-order valence-corrected chi connectivity index (χ0v) is 17.3. The molecule has 0 spiro atoms. The Labute approximate surface area is 174 Å². The molecule has 10 heteroatoms. The molecule has 0 radical (unpaired) electrons. The summed E-state index contributed by atoms with van der Waals surface area (Å²) in [6.07, 6.45) is 1.04. The summed E-state index contributed by atoms with van der Waals surface area (Å²) in [4.78, 5) is 12.3. The molecule has 0 saturated heterocycles. The normalized spacial score (nSPS) is 12.9. The Morgan fingerprint density at radius 2 is 1.90 bits per heavy atom. The molecular formula is C19H21ClN2O6S. The van der Waals surface area contributed by atoms with Crippen molar-refractivity contribution in [2.24, 2.45) is 0 Å². The highest BCUT2D eigenvalue weighted by atomic mass is 35.5. The number of anilines is 1. The number of para-hydroxylation sites is 1. The molecule has 1 aliphatic heterocycles. The number of carbonyl (C=O) groups is 1. The Bertz CT molecular complexity index is 982. The van der Waals surface area contributed by atoms with Gasteiger partial charge in [0.2, 0.25) is 15.9 Å². The monoisotopic (exact) mass is 440 g/mol. The van der Waals surface area contributed by atoms with Gasteiger partial charge in [-0.1, -0.05) is 23.7 Å². The SMILES string of the molecule is CS(=O)(=O)N(CC(=O)NCCOc1ccccc1Cl)c1ccc2c(c1)OCCO2. The summed E-state index contributed by atoms with van der Waals surface area (Å²) >= 11 is 6.00. The predicted molar refractivity (Wildman–Crippen MR) is 110 cm³/mol. The summed E-state index contributed by atoms with van der Waals surface area (Å²) in [5.41, 5.74) is 0.319. The average Bonchev–Trinajstić information content (AvgIpc) is 2.69. The Hall–Kier alpha value is -2.65. The lowest BCUT2D eigenvalue weighted by molar-refractivity contribution is -0.119. The van der Waals surface area contributed by atoms with Crippen molar-refractivity contribution in [3.63, 3.8) is 0 Å². The molecule has 1 N–H and O–H groups in total. The summed E-state index contributed by atoms with van der Waals surface area (Å²) in [6.45, 7) is 0.827. The summed E-state index contributed by atoms with van der Waals surface area (Å²) in [5.74, 6) is 1.02. The van der Waals surface area contributed by atoms with Crippen LogP contribution in [-0.4, -0.2) is 53.5 Å². The first kappa shape index (κ1) is 21.1. The number of benzene rings is 2. The van der Waals surface area contributed by atoms with Crippen molar-refractivity contribution in [1.82, 2.24) is 5.32 Å². The molecular weight excluding hydrogens is 420 g/mol. The maximum atomic E-state index is 12.3. The summed E-state index contributed by atoms with van der Waals surface area (Å²) in [5, 5.41) is 3.11. The van der Waals surface area contributed by atoms with Crippen LogP contribution in [0.3, 0.4) is 0 Å². The third-order valence-corrected chi connectivity index (χ3v) is 5.47. The lowest BCUT2D eigenvalue weighted by atomic mass is 10.2. The van der Waals surface area contributed by atoms with E-state index >= 15 is 0 Å². The largest absolute Gasteiger partial charge is 0.490 e. The molecule has 0 unspecified atom stereocenters. The molecule has 0 atom stereocenters. The van der Waals surface area contributed by atoms with E-state index in [0.29, 0.717) is 41.2 Å². The number of fused-ring (bicyclic) bond motifs is 1. The van der Waals surface area contributed by atoms with Crippen molar-refractivity contribution in [3.05, 3.63) is 47.5 Å². The number of nitrogens with one attached hydrogen (secondary N) is 1. The minimum Gasteiger partial charge on any atom is -0.490 e. The third kappa shape index (κ3) is 5.68. The fourth-order valence-corrected chi connectivity index (χ4v) is 3.73.